The first-order chi connectivity index (χ1) is 8.69. The summed E-state index contributed by atoms with van der Waals surface area (Å²) in [7, 11) is 0. The van der Waals surface area contributed by atoms with Crippen molar-refractivity contribution in [1.82, 2.24) is 14.5 Å². The van der Waals surface area contributed by atoms with Crippen LogP contribution in [0.2, 0.25) is 0 Å². The predicted octanol–water partition coefficient (Wildman–Crippen LogP) is 2.74. The highest BCUT2D eigenvalue weighted by Crippen LogP contribution is 2.41. The topological polar surface area (TPSA) is 56.7 Å². The lowest BCUT2D eigenvalue weighted by Gasteiger charge is -2.27. The van der Waals surface area contributed by atoms with Crippen molar-refractivity contribution in [3.05, 3.63) is 24.3 Å². The average molecular weight is 244 g/mol. The van der Waals surface area contributed by atoms with Gasteiger partial charge in [-0.2, -0.15) is 0 Å². The van der Waals surface area contributed by atoms with Gasteiger partial charge in [0, 0.05) is 12.2 Å². The second-order valence-electron chi connectivity index (χ2n) is 5.26. The van der Waals surface area contributed by atoms with Crippen molar-refractivity contribution in [3.8, 4) is 0 Å². The van der Waals surface area contributed by atoms with Crippen molar-refractivity contribution < 1.29 is 0 Å². The first-order valence-electron chi connectivity index (χ1n) is 6.81. The maximum absolute atomic E-state index is 6.54. The van der Waals surface area contributed by atoms with E-state index in [0.717, 1.165) is 24.2 Å². The number of aromatic nitrogens is 3. The van der Waals surface area contributed by atoms with Gasteiger partial charge in [0.25, 0.3) is 0 Å². The van der Waals surface area contributed by atoms with Crippen LogP contribution in [0.15, 0.2) is 18.5 Å². The number of pyridine rings is 1. The Morgan fingerprint density at radius 3 is 2.72 bits per heavy atom. The number of nitrogens with zero attached hydrogens (tertiary/aromatic N) is 3. The van der Waals surface area contributed by atoms with E-state index in [1.54, 1.807) is 0 Å². The SMILES string of the molecule is CCC(N)(CC)c1nc2cnccc2n1C1CC1. The van der Waals surface area contributed by atoms with Crippen LogP contribution in [0.5, 0.6) is 0 Å². The lowest BCUT2D eigenvalue weighted by Crippen LogP contribution is -2.38. The average Bonchev–Trinajstić information content (AvgIpc) is 3.17. The summed E-state index contributed by atoms with van der Waals surface area (Å²) in [4.78, 5) is 8.93. The molecule has 0 atom stereocenters. The van der Waals surface area contributed by atoms with Crippen LogP contribution in [0.3, 0.4) is 0 Å². The molecular weight excluding hydrogens is 224 g/mol. The summed E-state index contributed by atoms with van der Waals surface area (Å²) in [6.45, 7) is 4.27. The smallest absolute Gasteiger partial charge is 0.130 e. The third-order valence-corrected chi connectivity index (χ3v) is 4.11. The van der Waals surface area contributed by atoms with E-state index in [1.807, 2.05) is 12.4 Å². The molecule has 96 valence electrons. The monoisotopic (exact) mass is 244 g/mol. The van der Waals surface area contributed by atoms with Crippen LogP contribution >= 0.6 is 0 Å². The van der Waals surface area contributed by atoms with Crippen LogP contribution in [0.4, 0.5) is 0 Å². The Hall–Kier alpha value is -1.42. The fourth-order valence-electron chi connectivity index (χ4n) is 2.57. The summed E-state index contributed by atoms with van der Waals surface area (Å²) in [6, 6.07) is 2.64. The highest BCUT2D eigenvalue weighted by atomic mass is 15.2. The third kappa shape index (κ3) is 1.63. The molecular formula is C14H20N4. The Morgan fingerprint density at radius 2 is 2.11 bits per heavy atom. The largest absolute Gasteiger partial charge is 0.323 e. The quantitative estimate of drug-likeness (QED) is 0.899. The van der Waals surface area contributed by atoms with Crippen molar-refractivity contribution in [2.75, 3.05) is 0 Å². The van der Waals surface area contributed by atoms with Gasteiger partial charge in [-0.05, 0) is 31.7 Å². The molecule has 4 nitrogen and oxygen atoms in total. The minimum absolute atomic E-state index is 0.318. The Labute approximate surface area is 107 Å². The number of hydrogen-bond acceptors (Lipinski definition) is 3. The van der Waals surface area contributed by atoms with Gasteiger partial charge in [-0.25, -0.2) is 4.98 Å². The van der Waals surface area contributed by atoms with Crippen LogP contribution in [0.25, 0.3) is 11.0 Å². The molecule has 1 aliphatic rings. The predicted molar refractivity (Wildman–Crippen MR) is 72.2 cm³/mol. The van der Waals surface area contributed by atoms with Gasteiger partial charge in [-0.3, -0.25) is 4.98 Å². The first kappa shape index (κ1) is 11.7. The Bertz CT molecular complexity index is 564. The number of rotatable bonds is 4. The zero-order chi connectivity index (χ0) is 12.8. The van der Waals surface area contributed by atoms with Crippen molar-refractivity contribution in [2.24, 2.45) is 5.73 Å². The van der Waals surface area contributed by atoms with E-state index in [1.165, 1.54) is 18.4 Å². The second kappa shape index (κ2) is 4.05. The summed E-state index contributed by atoms with van der Waals surface area (Å²) in [5, 5.41) is 0. The molecule has 1 aliphatic carbocycles. The third-order valence-electron chi connectivity index (χ3n) is 4.11. The van der Waals surface area contributed by atoms with Gasteiger partial charge in [-0.1, -0.05) is 13.8 Å². The molecule has 0 unspecified atom stereocenters. The molecule has 2 N–H and O–H groups in total. The van der Waals surface area contributed by atoms with E-state index < -0.39 is 0 Å². The molecule has 0 spiro atoms. The van der Waals surface area contributed by atoms with Gasteiger partial charge in [0.15, 0.2) is 0 Å². The van der Waals surface area contributed by atoms with Gasteiger partial charge in [0.2, 0.25) is 0 Å². The lowest BCUT2D eigenvalue weighted by atomic mass is 9.93. The van der Waals surface area contributed by atoms with Crippen LogP contribution in [-0.2, 0) is 5.54 Å². The number of hydrogen-bond donors (Lipinski definition) is 1. The second-order valence-corrected chi connectivity index (χ2v) is 5.26. The van der Waals surface area contributed by atoms with Gasteiger partial charge < -0.3 is 10.3 Å². The zero-order valence-corrected chi connectivity index (χ0v) is 11.1. The number of fused-ring (bicyclic) bond motifs is 1. The van der Waals surface area contributed by atoms with Gasteiger partial charge in [-0.15, -0.1) is 0 Å². The summed E-state index contributed by atoms with van der Waals surface area (Å²) in [6.07, 6.45) is 7.97. The summed E-state index contributed by atoms with van der Waals surface area (Å²) in [5.41, 5.74) is 8.37. The van der Waals surface area contributed by atoms with Crippen molar-refractivity contribution >= 4 is 11.0 Å². The van der Waals surface area contributed by atoms with E-state index in [4.69, 9.17) is 10.7 Å². The molecule has 0 amide bonds. The summed E-state index contributed by atoms with van der Waals surface area (Å²) in [5.74, 6) is 1.04. The molecule has 0 aliphatic heterocycles. The maximum atomic E-state index is 6.54. The highest BCUT2D eigenvalue weighted by Gasteiger charge is 2.35. The fourth-order valence-corrected chi connectivity index (χ4v) is 2.57. The van der Waals surface area contributed by atoms with Crippen molar-refractivity contribution in [1.29, 1.82) is 0 Å². The van der Waals surface area contributed by atoms with E-state index in [-0.39, 0.29) is 5.54 Å². The van der Waals surface area contributed by atoms with Gasteiger partial charge in [0.05, 0.1) is 17.3 Å². The van der Waals surface area contributed by atoms with E-state index in [2.05, 4.69) is 29.5 Å². The van der Waals surface area contributed by atoms with E-state index in [9.17, 15) is 0 Å². The van der Waals surface area contributed by atoms with Gasteiger partial charge in [0.1, 0.15) is 11.3 Å². The minimum Gasteiger partial charge on any atom is -0.323 e. The molecule has 4 heteroatoms. The molecule has 3 rings (SSSR count). The van der Waals surface area contributed by atoms with Crippen molar-refractivity contribution in [2.45, 2.75) is 51.1 Å². The van der Waals surface area contributed by atoms with Crippen LogP contribution in [-0.4, -0.2) is 14.5 Å². The molecule has 0 bridgehead atoms. The Kier molecular flexibility index (Phi) is 2.63. The molecule has 0 radical (unpaired) electrons. The molecule has 2 aromatic heterocycles. The molecule has 0 aromatic carbocycles. The number of nitrogens with two attached hydrogens (primary N) is 1. The van der Waals surface area contributed by atoms with Crippen LogP contribution in [0, 0.1) is 0 Å². The molecule has 2 heterocycles. The lowest BCUT2D eigenvalue weighted by molar-refractivity contribution is 0.371. The standard InChI is InChI=1S/C14H20N4/c1-3-14(15,4-2)13-17-11-9-16-8-7-12(11)18(13)10-5-6-10/h7-10H,3-6,15H2,1-2H3. The van der Waals surface area contributed by atoms with Crippen molar-refractivity contribution in [3.63, 3.8) is 0 Å². The van der Waals surface area contributed by atoms with Crippen LogP contribution < -0.4 is 5.73 Å². The Balaban J connectivity index is 2.24. The molecule has 18 heavy (non-hydrogen) atoms. The summed E-state index contributed by atoms with van der Waals surface area (Å²) >= 11 is 0. The highest BCUT2D eigenvalue weighted by molar-refractivity contribution is 5.75. The minimum atomic E-state index is -0.318. The number of imidazole rings is 1. The van der Waals surface area contributed by atoms with Crippen LogP contribution in [0.1, 0.15) is 51.4 Å². The van der Waals surface area contributed by atoms with E-state index in [0.29, 0.717) is 6.04 Å². The normalized spacial score (nSPS) is 16.4. The molecule has 1 saturated carbocycles. The van der Waals surface area contributed by atoms with Gasteiger partial charge >= 0.3 is 0 Å². The molecule has 1 fully saturated rings. The van der Waals surface area contributed by atoms with E-state index >= 15 is 0 Å². The fraction of sp³-hybridized carbons (Fsp3) is 0.571. The molecule has 0 saturated heterocycles. The maximum Gasteiger partial charge on any atom is 0.130 e. The Morgan fingerprint density at radius 1 is 1.39 bits per heavy atom. The first-order valence-corrected chi connectivity index (χ1v) is 6.81. The zero-order valence-electron chi connectivity index (χ0n) is 11.1. The summed E-state index contributed by atoms with van der Waals surface area (Å²) < 4.78 is 2.35. The molecule has 2 aromatic rings.